The first kappa shape index (κ1) is 9.27. The van der Waals surface area contributed by atoms with Gasteiger partial charge in [-0.2, -0.15) is 0 Å². The molecular formula is C10H12ClN. The van der Waals surface area contributed by atoms with Gasteiger partial charge in [0.25, 0.3) is 0 Å². The Kier molecular flexibility index (Phi) is 3.81. The Balaban J connectivity index is 2.79. The first-order valence-corrected chi connectivity index (χ1v) is 4.55. The van der Waals surface area contributed by atoms with E-state index in [1.807, 2.05) is 12.1 Å². The summed E-state index contributed by atoms with van der Waals surface area (Å²) >= 11 is 5.73. The predicted molar refractivity (Wildman–Crippen MR) is 53.2 cm³/mol. The van der Waals surface area contributed by atoms with Crippen LogP contribution >= 0.6 is 11.6 Å². The summed E-state index contributed by atoms with van der Waals surface area (Å²) in [6.07, 6.45) is 6.68. The second-order valence-electron chi connectivity index (χ2n) is 2.57. The van der Waals surface area contributed by atoms with Gasteiger partial charge in [-0.05, 0) is 24.1 Å². The third-order valence-corrected chi connectivity index (χ3v) is 2.05. The van der Waals surface area contributed by atoms with Crippen LogP contribution in [0.1, 0.15) is 18.9 Å². The zero-order chi connectivity index (χ0) is 8.81. The van der Waals surface area contributed by atoms with Gasteiger partial charge in [-0.15, -0.1) is 11.6 Å². The third-order valence-electron chi connectivity index (χ3n) is 1.70. The molecule has 0 amide bonds. The number of nitrogens with zero attached hydrogens (tertiary/aromatic N) is 1. The number of pyridine rings is 1. The summed E-state index contributed by atoms with van der Waals surface area (Å²) in [6.45, 7) is 2.11. The summed E-state index contributed by atoms with van der Waals surface area (Å²) in [5, 5.41) is 0. The molecule has 0 atom stereocenters. The smallest absolute Gasteiger partial charge is 0.0436 e. The molecule has 0 saturated heterocycles. The summed E-state index contributed by atoms with van der Waals surface area (Å²) in [5.74, 6) is 0.610. The zero-order valence-electron chi connectivity index (χ0n) is 7.13. The molecule has 0 saturated carbocycles. The van der Waals surface area contributed by atoms with Crippen molar-refractivity contribution in [3.63, 3.8) is 0 Å². The summed E-state index contributed by atoms with van der Waals surface area (Å²) in [6, 6.07) is 3.95. The average molecular weight is 182 g/mol. The molecule has 64 valence electrons. The van der Waals surface area contributed by atoms with Crippen molar-refractivity contribution in [2.24, 2.45) is 0 Å². The van der Waals surface area contributed by atoms with Crippen LogP contribution in [-0.2, 0) is 0 Å². The van der Waals surface area contributed by atoms with Gasteiger partial charge >= 0.3 is 0 Å². The predicted octanol–water partition coefficient (Wildman–Crippen LogP) is 3.11. The highest BCUT2D eigenvalue weighted by atomic mass is 35.5. The summed E-state index contributed by atoms with van der Waals surface area (Å²) in [7, 11) is 0. The van der Waals surface area contributed by atoms with E-state index in [4.69, 9.17) is 11.6 Å². The standard InChI is InChI=1S/C10H12ClN/c1-2-9(8-11)7-10-3-5-12-6-4-10/h3-7H,2,8H2,1H3/b9-7-. The second-order valence-corrected chi connectivity index (χ2v) is 2.84. The zero-order valence-corrected chi connectivity index (χ0v) is 7.88. The second kappa shape index (κ2) is 4.94. The van der Waals surface area contributed by atoms with E-state index in [0.717, 1.165) is 6.42 Å². The van der Waals surface area contributed by atoms with Gasteiger partial charge in [-0.25, -0.2) is 0 Å². The molecule has 0 radical (unpaired) electrons. The van der Waals surface area contributed by atoms with Gasteiger partial charge in [0, 0.05) is 18.3 Å². The van der Waals surface area contributed by atoms with Gasteiger partial charge in [0.2, 0.25) is 0 Å². The molecule has 0 unspecified atom stereocenters. The molecular weight excluding hydrogens is 170 g/mol. The van der Waals surface area contributed by atoms with E-state index in [-0.39, 0.29) is 0 Å². The lowest BCUT2D eigenvalue weighted by Gasteiger charge is -1.98. The molecule has 1 aromatic rings. The van der Waals surface area contributed by atoms with Crippen LogP contribution in [-0.4, -0.2) is 10.9 Å². The minimum atomic E-state index is 0.610. The number of alkyl halides is 1. The molecule has 1 heterocycles. The van der Waals surface area contributed by atoms with Crippen molar-refractivity contribution in [3.8, 4) is 0 Å². The first-order valence-electron chi connectivity index (χ1n) is 4.02. The SMILES string of the molecule is CC/C(=C/c1ccncc1)CCl. The Morgan fingerprint density at radius 3 is 2.67 bits per heavy atom. The van der Waals surface area contributed by atoms with Crippen LogP contribution in [0.3, 0.4) is 0 Å². The topological polar surface area (TPSA) is 12.9 Å². The third kappa shape index (κ3) is 2.67. The number of halogens is 1. The van der Waals surface area contributed by atoms with Gasteiger partial charge < -0.3 is 0 Å². The fourth-order valence-electron chi connectivity index (χ4n) is 0.931. The number of allylic oxidation sites excluding steroid dienone is 1. The number of hydrogen-bond acceptors (Lipinski definition) is 1. The minimum Gasteiger partial charge on any atom is -0.265 e. The van der Waals surface area contributed by atoms with Gasteiger partial charge in [0.15, 0.2) is 0 Å². The average Bonchev–Trinajstić information content (AvgIpc) is 2.16. The maximum absolute atomic E-state index is 5.73. The fraction of sp³-hybridized carbons (Fsp3) is 0.300. The van der Waals surface area contributed by atoms with E-state index in [1.165, 1.54) is 11.1 Å². The maximum Gasteiger partial charge on any atom is 0.0436 e. The number of rotatable bonds is 3. The van der Waals surface area contributed by atoms with E-state index in [1.54, 1.807) is 12.4 Å². The number of aromatic nitrogens is 1. The van der Waals surface area contributed by atoms with E-state index in [2.05, 4.69) is 18.0 Å². The fourth-order valence-corrected chi connectivity index (χ4v) is 1.20. The Morgan fingerprint density at radius 2 is 2.17 bits per heavy atom. The van der Waals surface area contributed by atoms with Gasteiger partial charge in [0.05, 0.1) is 0 Å². The Hall–Kier alpha value is -0.820. The van der Waals surface area contributed by atoms with Crippen molar-refractivity contribution in [2.45, 2.75) is 13.3 Å². The molecule has 0 bridgehead atoms. The molecule has 2 heteroatoms. The highest BCUT2D eigenvalue weighted by Gasteiger charge is 1.91. The molecule has 0 aliphatic rings. The van der Waals surface area contributed by atoms with Gasteiger partial charge in [-0.3, -0.25) is 4.98 Å². The minimum absolute atomic E-state index is 0.610. The molecule has 1 nitrogen and oxygen atoms in total. The van der Waals surface area contributed by atoms with Crippen LogP contribution in [0.25, 0.3) is 6.08 Å². The van der Waals surface area contributed by atoms with Crippen LogP contribution in [0.5, 0.6) is 0 Å². The number of hydrogen-bond donors (Lipinski definition) is 0. The molecule has 0 aromatic carbocycles. The van der Waals surface area contributed by atoms with Gasteiger partial charge in [-0.1, -0.05) is 18.6 Å². The lowest BCUT2D eigenvalue weighted by atomic mass is 10.1. The van der Waals surface area contributed by atoms with E-state index < -0.39 is 0 Å². The molecule has 0 aliphatic heterocycles. The van der Waals surface area contributed by atoms with E-state index >= 15 is 0 Å². The largest absolute Gasteiger partial charge is 0.265 e. The monoisotopic (exact) mass is 181 g/mol. The van der Waals surface area contributed by atoms with Crippen LogP contribution in [0.15, 0.2) is 30.1 Å². The lowest BCUT2D eigenvalue weighted by molar-refractivity contribution is 1.12. The molecule has 0 fully saturated rings. The van der Waals surface area contributed by atoms with E-state index in [9.17, 15) is 0 Å². The summed E-state index contributed by atoms with van der Waals surface area (Å²) in [5.41, 5.74) is 2.42. The van der Waals surface area contributed by atoms with Crippen molar-refractivity contribution in [3.05, 3.63) is 35.7 Å². The quantitative estimate of drug-likeness (QED) is 0.653. The highest BCUT2D eigenvalue weighted by Crippen LogP contribution is 2.09. The Bertz CT molecular complexity index is 248. The normalized spacial score (nSPS) is 11.7. The van der Waals surface area contributed by atoms with Crippen LogP contribution in [0.2, 0.25) is 0 Å². The molecule has 0 aliphatic carbocycles. The van der Waals surface area contributed by atoms with Crippen LogP contribution in [0.4, 0.5) is 0 Å². The maximum atomic E-state index is 5.73. The molecule has 1 aromatic heterocycles. The Labute approximate surface area is 78.1 Å². The molecule has 1 rings (SSSR count). The first-order chi connectivity index (χ1) is 5.86. The van der Waals surface area contributed by atoms with Crippen molar-refractivity contribution < 1.29 is 0 Å². The molecule has 0 spiro atoms. The highest BCUT2D eigenvalue weighted by molar-refractivity contribution is 6.19. The van der Waals surface area contributed by atoms with Crippen molar-refractivity contribution >= 4 is 17.7 Å². The summed E-state index contributed by atoms with van der Waals surface area (Å²) in [4.78, 5) is 3.94. The lowest BCUT2D eigenvalue weighted by Crippen LogP contribution is -1.82. The van der Waals surface area contributed by atoms with Crippen molar-refractivity contribution in [1.29, 1.82) is 0 Å². The van der Waals surface area contributed by atoms with Crippen LogP contribution < -0.4 is 0 Å². The van der Waals surface area contributed by atoms with Crippen molar-refractivity contribution in [2.75, 3.05) is 5.88 Å². The molecule has 12 heavy (non-hydrogen) atoms. The Morgan fingerprint density at radius 1 is 1.50 bits per heavy atom. The van der Waals surface area contributed by atoms with Crippen molar-refractivity contribution in [1.82, 2.24) is 4.98 Å². The molecule has 0 N–H and O–H groups in total. The van der Waals surface area contributed by atoms with Gasteiger partial charge in [0.1, 0.15) is 0 Å². The van der Waals surface area contributed by atoms with Crippen LogP contribution in [0, 0.1) is 0 Å². The van der Waals surface area contributed by atoms with E-state index in [0.29, 0.717) is 5.88 Å². The summed E-state index contributed by atoms with van der Waals surface area (Å²) < 4.78 is 0.